The molecule has 0 aliphatic rings. The van der Waals surface area contributed by atoms with Crippen molar-refractivity contribution in [2.45, 2.75) is 6.92 Å². The van der Waals surface area contributed by atoms with Crippen molar-refractivity contribution in [1.82, 2.24) is 9.97 Å². The summed E-state index contributed by atoms with van der Waals surface area (Å²) in [6, 6.07) is 19.6. The van der Waals surface area contributed by atoms with E-state index in [2.05, 4.69) is 15.3 Å². The summed E-state index contributed by atoms with van der Waals surface area (Å²) in [5.74, 6) is 2.28. The normalized spacial score (nSPS) is 10.3. The second-order valence-corrected chi connectivity index (χ2v) is 4.94. The van der Waals surface area contributed by atoms with Gasteiger partial charge in [0, 0.05) is 29.1 Å². The number of rotatable bonds is 4. The third kappa shape index (κ3) is 3.23. The largest absolute Gasteiger partial charge is 0.497 e. The van der Waals surface area contributed by atoms with Crippen LogP contribution in [0.2, 0.25) is 0 Å². The minimum absolute atomic E-state index is 0.714. The summed E-state index contributed by atoms with van der Waals surface area (Å²) in [6.45, 7) is 1.96. The van der Waals surface area contributed by atoms with Gasteiger partial charge in [-0.1, -0.05) is 36.4 Å². The van der Waals surface area contributed by atoms with Gasteiger partial charge >= 0.3 is 0 Å². The van der Waals surface area contributed by atoms with Crippen LogP contribution in [0, 0.1) is 6.92 Å². The van der Waals surface area contributed by atoms with Crippen molar-refractivity contribution in [2.75, 3.05) is 12.4 Å². The molecule has 0 fully saturated rings. The molecule has 0 saturated carbocycles. The number of aromatic nitrogens is 2. The van der Waals surface area contributed by atoms with Gasteiger partial charge in [-0.25, -0.2) is 9.97 Å². The second-order valence-electron chi connectivity index (χ2n) is 4.94. The molecule has 0 spiro atoms. The van der Waals surface area contributed by atoms with Crippen LogP contribution >= 0.6 is 0 Å². The molecule has 1 N–H and O–H groups in total. The summed E-state index contributed by atoms with van der Waals surface area (Å²) in [6.07, 6.45) is 0. The highest BCUT2D eigenvalue weighted by atomic mass is 16.5. The van der Waals surface area contributed by atoms with Crippen molar-refractivity contribution in [3.05, 3.63) is 66.4 Å². The summed E-state index contributed by atoms with van der Waals surface area (Å²) in [4.78, 5) is 9.10. The average molecular weight is 291 g/mol. The monoisotopic (exact) mass is 291 g/mol. The van der Waals surface area contributed by atoms with E-state index in [-0.39, 0.29) is 0 Å². The van der Waals surface area contributed by atoms with Crippen molar-refractivity contribution in [3.63, 3.8) is 0 Å². The summed E-state index contributed by atoms with van der Waals surface area (Å²) in [5, 5.41) is 3.30. The molecule has 1 heterocycles. The minimum Gasteiger partial charge on any atom is -0.497 e. The Balaban J connectivity index is 1.92. The highest BCUT2D eigenvalue weighted by molar-refractivity contribution is 5.62. The van der Waals surface area contributed by atoms with E-state index in [0.717, 1.165) is 28.5 Å². The third-order valence-corrected chi connectivity index (χ3v) is 3.23. The molecule has 0 unspecified atom stereocenters. The number of methoxy groups -OCH3 is 1. The maximum atomic E-state index is 5.24. The molecule has 2 aromatic carbocycles. The SMILES string of the molecule is COc1cccc(Nc2cc(C)nc(-c3ccccc3)n2)c1. The minimum atomic E-state index is 0.714. The number of aryl methyl sites for hydroxylation is 1. The van der Waals surface area contributed by atoms with E-state index in [1.165, 1.54) is 0 Å². The maximum absolute atomic E-state index is 5.24. The molecule has 0 atom stereocenters. The number of benzene rings is 2. The van der Waals surface area contributed by atoms with E-state index in [1.54, 1.807) is 7.11 Å². The number of hydrogen-bond acceptors (Lipinski definition) is 4. The molecule has 1 aromatic heterocycles. The Morgan fingerprint density at radius 1 is 0.909 bits per heavy atom. The predicted molar refractivity (Wildman–Crippen MR) is 88.5 cm³/mol. The Kier molecular flexibility index (Phi) is 4.01. The van der Waals surface area contributed by atoms with Crippen LogP contribution in [0.5, 0.6) is 5.75 Å². The van der Waals surface area contributed by atoms with Crippen LogP contribution in [0.1, 0.15) is 5.69 Å². The lowest BCUT2D eigenvalue weighted by Crippen LogP contribution is -1.99. The molecular formula is C18H17N3O. The van der Waals surface area contributed by atoms with Crippen molar-refractivity contribution >= 4 is 11.5 Å². The molecule has 0 aliphatic carbocycles. The number of nitrogens with one attached hydrogen (secondary N) is 1. The van der Waals surface area contributed by atoms with Crippen LogP contribution < -0.4 is 10.1 Å². The average Bonchev–Trinajstić information content (AvgIpc) is 2.55. The fourth-order valence-electron chi connectivity index (χ4n) is 2.20. The maximum Gasteiger partial charge on any atom is 0.161 e. The number of hydrogen-bond donors (Lipinski definition) is 1. The zero-order valence-electron chi connectivity index (χ0n) is 12.6. The molecule has 3 rings (SSSR count). The Morgan fingerprint density at radius 3 is 2.50 bits per heavy atom. The van der Waals surface area contributed by atoms with Crippen LogP contribution in [0.4, 0.5) is 11.5 Å². The second kappa shape index (κ2) is 6.26. The van der Waals surface area contributed by atoms with E-state index in [1.807, 2.05) is 67.6 Å². The predicted octanol–water partition coefficient (Wildman–Crippen LogP) is 4.20. The van der Waals surface area contributed by atoms with Gasteiger partial charge in [-0.2, -0.15) is 0 Å². The quantitative estimate of drug-likeness (QED) is 0.782. The van der Waals surface area contributed by atoms with Gasteiger partial charge in [0.1, 0.15) is 11.6 Å². The molecule has 4 heteroatoms. The molecule has 0 bridgehead atoms. The topological polar surface area (TPSA) is 47.0 Å². The van der Waals surface area contributed by atoms with E-state index in [9.17, 15) is 0 Å². The molecule has 0 amide bonds. The Morgan fingerprint density at radius 2 is 1.73 bits per heavy atom. The first-order chi connectivity index (χ1) is 10.7. The lowest BCUT2D eigenvalue weighted by atomic mass is 10.2. The first kappa shape index (κ1) is 14.1. The van der Waals surface area contributed by atoms with E-state index < -0.39 is 0 Å². The number of anilines is 2. The van der Waals surface area contributed by atoms with Gasteiger partial charge in [-0.15, -0.1) is 0 Å². The third-order valence-electron chi connectivity index (χ3n) is 3.23. The van der Waals surface area contributed by atoms with Crippen molar-refractivity contribution < 1.29 is 4.74 Å². The molecule has 0 radical (unpaired) electrons. The van der Waals surface area contributed by atoms with E-state index >= 15 is 0 Å². The van der Waals surface area contributed by atoms with Gasteiger partial charge in [-0.05, 0) is 19.1 Å². The first-order valence-corrected chi connectivity index (χ1v) is 7.07. The van der Waals surface area contributed by atoms with Crippen molar-refractivity contribution in [2.24, 2.45) is 0 Å². The molecule has 4 nitrogen and oxygen atoms in total. The molecular weight excluding hydrogens is 274 g/mol. The highest BCUT2D eigenvalue weighted by Gasteiger charge is 2.05. The van der Waals surface area contributed by atoms with E-state index in [4.69, 9.17) is 4.74 Å². The molecule has 0 aliphatic heterocycles. The number of nitrogens with zero attached hydrogens (tertiary/aromatic N) is 2. The fourth-order valence-corrected chi connectivity index (χ4v) is 2.20. The summed E-state index contributed by atoms with van der Waals surface area (Å²) in [5.41, 5.74) is 2.84. The van der Waals surface area contributed by atoms with Crippen LogP contribution in [-0.2, 0) is 0 Å². The van der Waals surface area contributed by atoms with Crippen LogP contribution in [0.3, 0.4) is 0 Å². The van der Waals surface area contributed by atoms with Gasteiger partial charge in [0.05, 0.1) is 7.11 Å². The zero-order chi connectivity index (χ0) is 15.4. The van der Waals surface area contributed by atoms with Gasteiger partial charge < -0.3 is 10.1 Å². The standard InChI is InChI=1S/C18H17N3O/c1-13-11-17(20-15-9-6-10-16(12-15)22-2)21-18(19-13)14-7-4-3-5-8-14/h3-12H,1-2H3,(H,19,20,21). The van der Waals surface area contributed by atoms with Crippen molar-refractivity contribution in [1.29, 1.82) is 0 Å². The van der Waals surface area contributed by atoms with Gasteiger partial charge in [-0.3, -0.25) is 0 Å². The lowest BCUT2D eigenvalue weighted by Gasteiger charge is -2.09. The van der Waals surface area contributed by atoms with Crippen LogP contribution in [0.15, 0.2) is 60.7 Å². The first-order valence-electron chi connectivity index (χ1n) is 7.07. The highest BCUT2D eigenvalue weighted by Crippen LogP contribution is 2.22. The Hall–Kier alpha value is -2.88. The van der Waals surface area contributed by atoms with Crippen LogP contribution in [0.25, 0.3) is 11.4 Å². The lowest BCUT2D eigenvalue weighted by molar-refractivity contribution is 0.415. The van der Waals surface area contributed by atoms with E-state index in [0.29, 0.717) is 5.82 Å². The Labute approximate surface area is 129 Å². The fraction of sp³-hybridized carbons (Fsp3) is 0.111. The summed E-state index contributed by atoms with van der Waals surface area (Å²) < 4.78 is 5.24. The zero-order valence-corrected chi connectivity index (χ0v) is 12.6. The Bertz CT molecular complexity index is 772. The number of ether oxygens (including phenoxy) is 1. The molecule has 22 heavy (non-hydrogen) atoms. The smallest absolute Gasteiger partial charge is 0.161 e. The van der Waals surface area contributed by atoms with Gasteiger partial charge in [0.2, 0.25) is 0 Å². The van der Waals surface area contributed by atoms with Crippen molar-refractivity contribution in [3.8, 4) is 17.1 Å². The van der Waals surface area contributed by atoms with Gasteiger partial charge in [0.15, 0.2) is 5.82 Å². The van der Waals surface area contributed by atoms with Gasteiger partial charge in [0.25, 0.3) is 0 Å². The molecule has 3 aromatic rings. The summed E-state index contributed by atoms with van der Waals surface area (Å²) in [7, 11) is 1.65. The molecule has 110 valence electrons. The van der Waals surface area contributed by atoms with Crippen LogP contribution in [-0.4, -0.2) is 17.1 Å². The molecule has 0 saturated heterocycles. The summed E-state index contributed by atoms with van der Waals surface area (Å²) >= 11 is 0.